The monoisotopic (exact) mass is 622 g/mol. The van der Waals surface area contributed by atoms with Crippen molar-refractivity contribution in [2.75, 3.05) is 0 Å². The van der Waals surface area contributed by atoms with Crippen LogP contribution in [0.2, 0.25) is 0 Å². The SMILES string of the molecule is C=Cc1cc(-c2ccc(-c3ccc4c5ccc6ccccc6c5c5nc6c7ccccc7ccc6n5c4c3)cc2)c2ccccc2c1C=C. The first kappa shape index (κ1) is 27.6. The van der Waals surface area contributed by atoms with Crippen LogP contribution in [-0.2, 0) is 0 Å². The Balaban J connectivity index is 1.22. The normalized spacial score (nSPS) is 11.8. The molecule has 0 saturated carbocycles. The molecule has 10 aromatic rings. The quantitative estimate of drug-likeness (QED) is 0.179. The molecular formula is C47H30N2. The van der Waals surface area contributed by atoms with Crippen LogP contribution in [0.1, 0.15) is 11.1 Å². The van der Waals surface area contributed by atoms with Crippen molar-refractivity contribution in [1.29, 1.82) is 0 Å². The van der Waals surface area contributed by atoms with E-state index < -0.39 is 0 Å². The molecule has 0 spiro atoms. The van der Waals surface area contributed by atoms with E-state index in [2.05, 4.69) is 163 Å². The van der Waals surface area contributed by atoms with Crippen LogP contribution in [0.15, 0.2) is 159 Å². The fourth-order valence-corrected chi connectivity index (χ4v) is 7.98. The number of fused-ring (bicyclic) bond motifs is 13. The van der Waals surface area contributed by atoms with E-state index in [9.17, 15) is 0 Å². The molecular weight excluding hydrogens is 593 g/mol. The van der Waals surface area contributed by atoms with Gasteiger partial charge in [0.05, 0.1) is 16.6 Å². The summed E-state index contributed by atoms with van der Waals surface area (Å²) in [5.74, 6) is 0. The molecule has 49 heavy (non-hydrogen) atoms. The topological polar surface area (TPSA) is 17.3 Å². The number of benzene rings is 8. The molecule has 0 bridgehead atoms. The van der Waals surface area contributed by atoms with Crippen LogP contribution in [0.5, 0.6) is 0 Å². The minimum absolute atomic E-state index is 0.992. The first-order chi connectivity index (χ1) is 24.2. The van der Waals surface area contributed by atoms with Crippen molar-refractivity contribution in [3.8, 4) is 22.3 Å². The molecule has 2 heterocycles. The van der Waals surface area contributed by atoms with Crippen molar-refractivity contribution < 1.29 is 0 Å². The maximum Gasteiger partial charge on any atom is 0.147 e. The van der Waals surface area contributed by atoms with E-state index in [0.29, 0.717) is 0 Å². The van der Waals surface area contributed by atoms with Gasteiger partial charge in [0.25, 0.3) is 0 Å². The van der Waals surface area contributed by atoms with Crippen molar-refractivity contribution >= 4 is 82.8 Å². The Morgan fingerprint density at radius 1 is 0.469 bits per heavy atom. The zero-order chi connectivity index (χ0) is 32.6. The first-order valence-electron chi connectivity index (χ1n) is 16.7. The molecule has 0 aliphatic heterocycles. The highest BCUT2D eigenvalue weighted by atomic mass is 15.0. The molecule has 2 heteroatoms. The minimum atomic E-state index is 0.992. The Morgan fingerprint density at radius 2 is 1.10 bits per heavy atom. The number of nitrogens with zero attached hydrogens (tertiary/aromatic N) is 2. The summed E-state index contributed by atoms with van der Waals surface area (Å²) in [5, 5.41) is 10.8. The summed E-state index contributed by atoms with van der Waals surface area (Å²) in [6.07, 6.45) is 3.85. The van der Waals surface area contributed by atoms with Crippen molar-refractivity contribution in [2.45, 2.75) is 0 Å². The standard InChI is InChI=1S/C47H30N2/c1-3-29-27-42(39-16-10-9-15-38(39)35(29)4-2)33-19-17-30(18-20-33)34-22-24-40-41-25-21-31-11-5-7-13-36(31)45(41)47-48-46-37-14-8-6-12-32(37)23-26-43(46)49(47)44(40)28-34/h3-28H,1-2H2. The van der Waals surface area contributed by atoms with Gasteiger partial charge in [-0.3, -0.25) is 4.40 Å². The fraction of sp³-hybridized carbons (Fsp3) is 0. The van der Waals surface area contributed by atoms with Crippen LogP contribution in [0.4, 0.5) is 0 Å². The molecule has 2 nitrogen and oxygen atoms in total. The molecule has 0 N–H and O–H groups in total. The zero-order valence-electron chi connectivity index (χ0n) is 26.8. The lowest BCUT2D eigenvalue weighted by atomic mass is 9.90. The molecule has 0 radical (unpaired) electrons. The largest absolute Gasteiger partial charge is 0.292 e. The molecule has 0 aliphatic carbocycles. The van der Waals surface area contributed by atoms with Crippen LogP contribution in [0.3, 0.4) is 0 Å². The van der Waals surface area contributed by atoms with Crippen molar-refractivity contribution in [3.63, 3.8) is 0 Å². The van der Waals surface area contributed by atoms with Gasteiger partial charge in [-0.1, -0.05) is 153 Å². The minimum Gasteiger partial charge on any atom is -0.292 e. The first-order valence-corrected chi connectivity index (χ1v) is 16.7. The third-order valence-corrected chi connectivity index (χ3v) is 10.3. The molecule has 0 amide bonds. The molecule has 0 saturated heterocycles. The van der Waals surface area contributed by atoms with Gasteiger partial charge in [0.2, 0.25) is 0 Å². The molecule has 10 rings (SSSR count). The van der Waals surface area contributed by atoms with Gasteiger partial charge in [0.1, 0.15) is 5.65 Å². The molecule has 2 aromatic heterocycles. The highest BCUT2D eigenvalue weighted by Crippen LogP contribution is 2.40. The zero-order valence-corrected chi connectivity index (χ0v) is 26.8. The van der Waals surface area contributed by atoms with E-state index >= 15 is 0 Å². The van der Waals surface area contributed by atoms with Gasteiger partial charge < -0.3 is 0 Å². The number of imidazole rings is 1. The lowest BCUT2D eigenvalue weighted by Gasteiger charge is -2.14. The van der Waals surface area contributed by atoms with E-state index in [1.807, 2.05) is 12.2 Å². The number of hydrogen-bond acceptors (Lipinski definition) is 1. The average molecular weight is 623 g/mol. The lowest BCUT2D eigenvalue weighted by Crippen LogP contribution is -1.93. The summed E-state index contributed by atoms with van der Waals surface area (Å²) in [6, 6.07) is 52.8. The second kappa shape index (κ2) is 10.5. The smallest absolute Gasteiger partial charge is 0.147 e. The van der Waals surface area contributed by atoms with Crippen LogP contribution >= 0.6 is 0 Å². The third kappa shape index (κ3) is 3.98. The highest BCUT2D eigenvalue weighted by molar-refractivity contribution is 6.24. The summed E-state index contributed by atoms with van der Waals surface area (Å²) in [7, 11) is 0. The maximum absolute atomic E-state index is 5.42. The third-order valence-electron chi connectivity index (χ3n) is 10.3. The van der Waals surface area contributed by atoms with E-state index in [1.54, 1.807) is 0 Å². The number of pyridine rings is 1. The Morgan fingerprint density at radius 3 is 1.88 bits per heavy atom. The summed E-state index contributed by atoms with van der Waals surface area (Å²) in [5.41, 5.74) is 11.2. The molecule has 228 valence electrons. The second-order valence-electron chi connectivity index (χ2n) is 12.8. The van der Waals surface area contributed by atoms with Gasteiger partial charge in [-0.15, -0.1) is 0 Å². The summed E-state index contributed by atoms with van der Waals surface area (Å²) in [6.45, 7) is 8.17. The van der Waals surface area contributed by atoms with E-state index in [1.165, 1.54) is 70.7 Å². The summed E-state index contributed by atoms with van der Waals surface area (Å²) in [4.78, 5) is 5.42. The van der Waals surface area contributed by atoms with Crippen LogP contribution in [0.25, 0.3) is 105 Å². The van der Waals surface area contributed by atoms with Crippen molar-refractivity contribution in [3.05, 3.63) is 170 Å². The number of rotatable bonds is 4. The Labute approximate surface area is 283 Å². The highest BCUT2D eigenvalue weighted by Gasteiger charge is 2.18. The second-order valence-corrected chi connectivity index (χ2v) is 12.8. The molecule has 0 fully saturated rings. The van der Waals surface area contributed by atoms with E-state index in [0.717, 1.165) is 33.3 Å². The van der Waals surface area contributed by atoms with Crippen LogP contribution in [0, 0.1) is 0 Å². The predicted molar refractivity (Wildman–Crippen MR) is 211 cm³/mol. The van der Waals surface area contributed by atoms with Gasteiger partial charge in [-0.2, -0.15) is 0 Å². The summed E-state index contributed by atoms with van der Waals surface area (Å²) >= 11 is 0. The Bertz CT molecular complexity index is 3010. The van der Waals surface area contributed by atoms with Crippen molar-refractivity contribution in [1.82, 2.24) is 9.38 Å². The Kier molecular flexibility index (Phi) is 5.91. The molecule has 8 aromatic carbocycles. The number of hydrogen-bond donors (Lipinski definition) is 0. The van der Waals surface area contributed by atoms with Crippen LogP contribution in [-0.4, -0.2) is 9.38 Å². The van der Waals surface area contributed by atoms with Crippen LogP contribution < -0.4 is 0 Å². The average Bonchev–Trinajstić information content (AvgIpc) is 3.57. The molecule has 0 atom stereocenters. The Hall–Kier alpha value is -6.51. The van der Waals surface area contributed by atoms with E-state index in [4.69, 9.17) is 4.98 Å². The van der Waals surface area contributed by atoms with Gasteiger partial charge in [-0.05, 0) is 83.9 Å². The van der Waals surface area contributed by atoms with Gasteiger partial charge in [-0.25, -0.2) is 4.98 Å². The fourth-order valence-electron chi connectivity index (χ4n) is 7.98. The number of aromatic nitrogens is 2. The lowest BCUT2D eigenvalue weighted by molar-refractivity contribution is 1.32. The van der Waals surface area contributed by atoms with E-state index in [-0.39, 0.29) is 0 Å². The maximum atomic E-state index is 5.42. The molecule has 0 aliphatic rings. The summed E-state index contributed by atoms with van der Waals surface area (Å²) < 4.78 is 2.38. The van der Waals surface area contributed by atoms with Gasteiger partial charge in [0, 0.05) is 16.2 Å². The van der Waals surface area contributed by atoms with Gasteiger partial charge in [0.15, 0.2) is 0 Å². The molecule has 0 unspecified atom stereocenters. The van der Waals surface area contributed by atoms with Crippen molar-refractivity contribution in [2.24, 2.45) is 0 Å². The predicted octanol–water partition coefficient (Wildman–Crippen LogP) is 12.9. The van der Waals surface area contributed by atoms with Gasteiger partial charge >= 0.3 is 0 Å².